The molecule has 58 valence electrons. The molecular formula is C9H12NZr-. The number of para-hydroxylation sites is 1. The maximum atomic E-state index is 3.25. The zero-order chi connectivity index (χ0) is 7.40. The van der Waals surface area contributed by atoms with Crippen LogP contribution in [0.2, 0.25) is 0 Å². The molecule has 0 aliphatic heterocycles. The Morgan fingerprint density at radius 1 is 1.36 bits per heavy atom. The van der Waals surface area contributed by atoms with E-state index < -0.39 is 0 Å². The maximum Gasteiger partial charge on any atom is 0.0183 e. The van der Waals surface area contributed by atoms with Crippen molar-refractivity contribution in [2.45, 2.75) is 19.9 Å². The van der Waals surface area contributed by atoms with Gasteiger partial charge in [0.15, 0.2) is 0 Å². The van der Waals surface area contributed by atoms with Crippen LogP contribution in [-0.4, -0.2) is 6.04 Å². The van der Waals surface area contributed by atoms with Crippen molar-refractivity contribution in [3.8, 4) is 0 Å². The van der Waals surface area contributed by atoms with Gasteiger partial charge in [0.25, 0.3) is 0 Å². The fourth-order valence-electron chi connectivity index (χ4n) is 0.794. The van der Waals surface area contributed by atoms with Gasteiger partial charge in [-0.15, -0.1) is 6.07 Å². The Morgan fingerprint density at radius 2 is 2.09 bits per heavy atom. The van der Waals surface area contributed by atoms with Gasteiger partial charge in [-0.25, -0.2) is 0 Å². The number of benzene rings is 1. The molecule has 0 amide bonds. The van der Waals surface area contributed by atoms with Crippen LogP contribution in [-0.2, 0) is 26.2 Å². The summed E-state index contributed by atoms with van der Waals surface area (Å²) in [5, 5.41) is 3.25. The minimum atomic E-state index is 0. The summed E-state index contributed by atoms with van der Waals surface area (Å²) in [4.78, 5) is 0. The van der Waals surface area contributed by atoms with Crippen LogP contribution in [0.5, 0.6) is 0 Å². The molecule has 2 heteroatoms. The number of hydrogen-bond donors (Lipinski definition) is 1. The molecule has 1 N–H and O–H groups in total. The minimum absolute atomic E-state index is 0. The minimum Gasteiger partial charge on any atom is -0.405 e. The Labute approximate surface area is 87.3 Å². The fraction of sp³-hybridized carbons (Fsp3) is 0.333. The van der Waals surface area contributed by atoms with Gasteiger partial charge in [0, 0.05) is 32.2 Å². The average Bonchev–Trinajstić information content (AvgIpc) is 1.88. The van der Waals surface area contributed by atoms with E-state index in [0.29, 0.717) is 6.04 Å². The third-order valence-corrected chi connectivity index (χ3v) is 1.15. The summed E-state index contributed by atoms with van der Waals surface area (Å²) in [6.45, 7) is 4.22. The van der Waals surface area contributed by atoms with E-state index in [1.807, 2.05) is 24.3 Å². The first-order valence-corrected chi connectivity index (χ1v) is 3.52. The molecule has 0 bridgehead atoms. The van der Waals surface area contributed by atoms with E-state index in [1.54, 1.807) is 0 Å². The van der Waals surface area contributed by atoms with Crippen molar-refractivity contribution in [1.29, 1.82) is 0 Å². The molecule has 1 nitrogen and oxygen atoms in total. The van der Waals surface area contributed by atoms with Crippen molar-refractivity contribution < 1.29 is 26.2 Å². The van der Waals surface area contributed by atoms with Crippen molar-refractivity contribution in [2.24, 2.45) is 0 Å². The van der Waals surface area contributed by atoms with Crippen LogP contribution in [0.25, 0.3) is 0 Å². The van der Waals surface area contributed by atoms with Crippen LogP contribution in [0.15, 0.2) is 24.3 Å². The Bertz CT molecular complexity index is 184. The molecule has 0 heterocycles. The number of hydrogen-bond acceptors (Lipinski definition) is 1. The van der Waals surface area contributed by atoms with Gasteiger partial charge in [-0.05, 0) is 13.8 Å². The first-order chi connectivity index (χ1) is 4.79. The van der Waals surface area contributed by atoms with Gasteiger partial charge in [0.1, 0.15) is 0 Å². The second kappa shape index (κ2) is 5.54. The maximum absolute atomic E-state index is 3.25. The van der Waals surface area contributed by atoms with Gasteiger partial charge in [0.2, 0.25) is 0 Å². The molecule has 0 aliphatic carbocycles. The zero-order valence-corrected chi connectivity index (χ0v) is 9.34. The monoisotopic (exact) mass is 224 g/mol. The summed E-state index contributed by atoms with van der Waals surface area (Å²) in [6.07, 6.45) is 0. The fourth-order valence-corrected chi connectivity index (χ4v) is 0.794. The first-order valence-electron chi connectivity index (χ1n) is 3.52. The molecular weight excluding hydrogens is 213 g/mol. The van der Waals surface area contributed by atoms with Gasteiger partial charge in [-0.3, -0.25) is 0 Å². The molecule has 0 saturated carbocycles. The standard InChI is InChI=1S/C9H12N.Zr/c1-8(2)10-9-6-4-3-5-7-9;/h3-6,8,10H,1-2H3;/q-1;. The second-order valence-corrected chi connectivity index (χ2v) is 2.58. The Balaban J connectivity index is 0.000001000. The summed E-state index contributed by atoms with van der Waals surface area (Å²) in [7, 11) is 0. The van der Waals surface area contributed by atoms with Crippen molar-refractivity contribution in [3.05, 3.63) is 30.3 Å². The quantitative estimate of drug-likeness (QED) is 0.762. The smallest absolute Gasteiger partial charge is 0.0183 e. The van der Waals surface area contributed by atoms with Crippen molar-refractivity contribution in [1.82, 2.24) is 0 Å². The van der Waals surface area contributed by atoms with Gasteiger partial charge in [-0.1, -0.05) is 5.69 Å². The normalized spacial score (nSPS) is 9.00. The van der Waals surface area contributed by atoms with E-state index in [-0.39, 0.29) is 26.2 Å². The molecule has 0 radical (unpaired) electrons. The molecule has 1 aromatic carbocycles. The third-order valence-electron chi connectivity index (χ3n) is 1.15. The van der Waals surface area contributed by atoms with Crippen LogP contribution in [0.4, 0.5) is 5.69 Å². The Kier molecular flexibility index (Phi) is 5.49. The van der Waals surface area contributed by atoms with Crippen LogP contribution in [0, 0.1) is 6.07 Å². The number of rotatable bonds is 2. The molecule has 0 fully saturated rings. The first kappa shape index (κ1) is 10.9. The van der Waals surface area contributed by atoms with E-state index >= 15 is 0 Å². The molecule has 1 rings (SSSR count). The van der Waals surface area contributed by atoms with E-state index in [4.69, 9.17) is 0 Å². The van der Waals surface area contributed by atoms with Crippen LogP contribution >= 0.6 is 0 Å². The Hall–Kier alpha value is -0.0969. The SMILES string of the molecule is CC(C)Nc1[c-]cccc1.[Zr]. The predicted molar refractivity (Wildman–Crippen MR) is 44.0 cm³/mol. The summed E-state index contributed by atoms with van der Waals surface area (Å²) in [5.41, 5.74) is 1.07. The zero-order valence-electron chi connectivity index (χ0n) is 6.89. The van der Waals surface area contributed by atoms with E-state index in [1.165, 1.54) is 0 Å². The van der Waals surface area contributed by atoms with Crippen LogP contribution in [0.3, 0.4) is 0 Å². The van der Waals surface area contributed by atoms with Gasteiger partial charge < -0.3 is 5.32 Å². The molecule has 0 aliphatic rings. The number of anilines is 1. The molecule has 1 aromatic rings. The van der Waals surface area contributed by atoms with Crippen molar-refractivity contribution in [2.75, 3.05) is 5.32 Å². The van der Waals surface area contributed by atoms with Crippen LogP contribution in [0.1, 0.15) is 13.8 Å². The molecule has 0 unspecified atom stereocenters. The Morgan fingerprint density at radius 3 is 2.55 bits per heavy atom. The summed E-state index contributed by atoms with van der Waals surface area (Å²) < 4.78 is 0. The summed E-state index contributed by atoms with van der Waals surface area (Å²) >= 11 is 0. The molecule has 0 spiro atoms. The van der Waals surface area contributed by atoms with Gasteiger partial charge in [-0.2, -0.15) is 24.3 Å². The average molecular weight is 225 g/mol. The van der Waals surface area contributed by atoms with E-state index in [0.717, 1.165) is 5.69 Å². The third kappa shape index (κ3) is 4.37. The van der Waals surface area contributed by atoms with Crippen molar-refractivity contribution in [3.63, 3.8) is 0 Å². The number of nitrogens with one attached hydrogen (secondary N) is 1. The van der Waals surface area contributed by atoms with Gasteiger partial charge in [0.05, 0.1) is 0 Å². The van der Waals surface area contributed by atoms with Crippen molar-refractivity contribution >= 4 is 5.69 Å². The van der Waals surface area contributed by atoms with E-state index in [2.05, 4.69) is 25.2 Å². The largest absolute Gasteiger partial charge is 0.405 e. The summed E-state index contributed by atoms with van der Waals surface area (Å²) in [6, 6.07) is 11.5. The summed E-state index contributed by atoms with van der Waals surface area (Å²) in [5.74, 6) is 0. The molecule has 0 aromatic heterocycles. The topological polar surface area (TPSA) is 12.0 Å². The predicted octanol–water partition coefficient (Wildman–Crippen LogP) is 2.30. The molecule has 0 saturated heterocycles. The van der Waals surface area contributed by atoms with Crippen LogP contribution < -0.4 is 5.32 Å². The van der Waals surface area contributed by atoms with Gasteiger partial charge >= 0.3 is 0 Å². The second-order valence-electron chi connectivity index (χ2n) is 2.58. The van der Waals surface area contributed by atoms with E-state index in [9.17, 15) is 0 Å². The molecule has 0 atom stereocenters. The molecule has 11 heavy (non-hydrogen) atoms.